The van der Waals surface area contributed by atoms with E-state index in [2.05, 4.69) is 15.5 Å². The smallest absolute Gasteiger partial charge is 0.343 e. The van der Waals surface area contributed by atoms with Crippen LogP contribution in [0.4, 0.5) is 5.69 Å². The summed E-state index contributed by atoms with van der Waals surface area (Å²) in [4.78, 5) is 35.6. The van der Waals surface area contributed by atoms with Gasteiger partial charge in [0.1, 0.15) is 12.1 Å². The van der Waals surface area contributed by atoms with Crippen molar-refractivity contribution in [3.63, 3.8) is 0 Å². The number of Topliss-reactive ketones (excluding diaryl/α,β-unsaturated/α-hetero) is 1. The van der Waals surface area contributed by atoms with Crippen molar-refractivity contribution >= 4 is 35.1 Å². The third kappa shape index (κ3) is 5.52. The fourth-order valence-corrected chi connectivity index (χ4v) is 3.03. The molecular formula is C20H18N4O4S. The van der Waals surface area contributed by atoms with Gasteiger partial charge in [0.05, 0.1) is 11.3 Å². The highest BCUT2D eigenvalue weighted by atomic mass is 32.2. The van der Waals surface area contributed by atoms with Gasteiger partial charge in [0.15, 0.2) is 10.9 Å². The summed E-state index contributed by atoms with van der Waals surface area (Å²) in [6.07, 6.45) is 1.57. The molecular weight excluding hydrogens is 392 g/mol. The van der Waals surface area contributed by atoms with Crippen LogP contribution in [0.15, 0.2) is 60.0 Å². The summed E-state index contributed by atoms with van der Waals surface area (Å²) in [5.41, 5.74) is 1.45. The van der Waals surface area contributed by atoms with Crippen LogP contribution in [-0.2, 0) is 11.8 Å². The predicted octanol–water partition coefficient (Wildman–Crippen LogP) is 2.97. The van der Waals surface area contributed by atoms with E-state index >= 15 is 0 Å². The summed E-state index contributed by atoms with van der Waals surface area (Å²) < 4.78 is 7.02. The van der Waals surface area contributed by atoms with Crippen molar-refractivity contribution in [2.45, 2.75) is 12.1 Å². The highest BCUT2D eigenvalue weighted by molar-refractivity contribution is 7.99. The van der Waals surface area contributed by atoms with Crippen LogP contribution in [-0.4, -0.2) is 38.2 Å². The molecule has 148 valence electrons. The number of benzene rings is 2. The molecule has 0 fully saturated rings. The number of rotatable bonds is 7. The quantitative estimate of drug-likeness (QED) is 0.276. The lowest BCUT2D eigenvalue weighted by Gasteiger charge is -2.07. The number of esters is 1. The maximum absolute atomic E-state index is 12.2. The van der Waals surface area contributed by atoms with Gasteiger partial charge in [-0.25, -0.2) is 4.79 Å². The van der Waals surface area contributed by atoms with E-state index in [0.717, 1.165) is 0 Å². The second-order valence-corrected chi connectivity index (χ2v) is 7.05. The Morgan fingerprint density at radius 3 is 2.28 bits per heavy atom. The van der Waals surface area contributed by atoms with Gasteiger partial charge < -0.3 is 14.6 Å². The highest BCUT2D eigenvalue weighted by Crippen LogP contribution is 2.17. The van der Waals surface area contributed by atoms with Crippen LogP contribution in [0.1, 0.15) is 27.6 Å². The average Bonchev–Trinajstić information content (AvgIpc) is 3.12. The zero-order valence-corrected chi connectivity index (χ0v) is 16.6. The van der Waals surface area contributed by atoms with Crippen molar-refractivity contribution < 1.29 is 19.1 Å². The Kier molecular flexibility index (Phi) is 6.40. The number of thioether (sulfide) groups is 1. The summed E-state index contributed by atoms with van der Waals surface area (Å²) >= 11 is 1.28. The molecule has 3 aromatic rings. The van der Waals surface area contributed by atoms with Gasteiger partial charge in [0, 0.05) is 18.3 Å². The number of ether oxygens (including phenoxy) is 1. The Hall–Kier alpha value is -3.46. The minimum atomic E-state index is -0.531. The van der Waals surface area contributed by atoms with Crippen LogP contribution >= 0.6 is 11.8 Å². The monoisotopic (exact) mass is 410 g/mol. The molecule has 8 nitrogen and oxygen atoms in total. The maximum Gasteiger partial charge on any atom is 0.343 e. The number of aromatic nitrogens is 3. The number of nitrogens with zero attached hydrogens (tertiary/aromatic N) is 3. The number of anilines is 1. The first-order valence-electron chi connectivity index (χ1n) is 8.62. The number of carbonyl (C=O) groups is 3. The van der Waals surface area contributed by atoms with E-state index in [9.17, 15) is 14.4 Å². The standard InChI is InChI=1S/C20H18N4O4S/c1-13(25)14-5-9-17(10-6-14)28-19(27)15-3-7-16(8-4-15)22-18(26)11-29-20-23-21-12-24(20)2/h3-10,12H,11H2,1-2H3,(H,22,26). The van der Waals surface area contributed by atoms with Crippen molar-refractivity contribution in [3.8, 4) is 5.75 Å². The molecule has 0 aliphatic rings. The molecule has 0 bridgehead atoms. The van der Waals surface area contributed by atoms with Crippen LogP contribution < -0.4 is 10.1 Å². The molecule has 0 aliphatic carbocycles. The second kappa shape index (κ2) is 9.16. The number of hydrogen-bond donors (Lipinski definition) is 1. The van der Waals surface area contributed by atoms with E-state index in [-0.39, 0.29) is 17.4 Å². The number of ketones is 1. The first kappa shape index (κ1) is 20.3. The van der Waals surface area contributed by atoms with Gasteiger partial charge in [0.2, 0.25) is 5.91 Å². The first-order chi connectivity index (χ1) is 13.9. The summed E-state index contributed by atoms with van der Waals surface area (Å²) in [5, 5.41) is 11.1. The minimum absolute atomic E-state index is 0.0597. The number of hydrogen-bond acceptors (Lipinski definition) is 7. The second-order valence-electron chi connectivity index (χ2n) is 6.11. The first-order valence-corrected chi connectivity index (χ1v) is 9.61. The third-order valence-corrected chi connectivity index (χ3v) is 4.91. The summed E-state index contributed by atoms with van der Waals surface area (Å²) in [6.45, 7) is 1.47. The lowest BCUT2D eigenvalue weighted by molar-refractivity contribution is -0.113. The predicted molar refractivity (Wildman–Crippen MR) is 108 cm³/mol. The summed E-state index contributed by atoms with van der Waals surface area (Å²) in [7, 11) is 1.80. The van der Waals surface area contributed by atoms with Gasteiger partial charge in [-0.1, -0.05) is 11.8 Å². The Bertz CT molecular complexity index is 1030. The molecule has 1 aromatic heterocycles. The number of amides is 1. The van der Waals surface area contributed by atoms with E-state index < -0.39 is 5.97 Å². The van der Waals surface area contributed by atoms with Crippen molar-refractivity contribution in [1.29, 1.82) is 0 Å². The molecule has 0 radical (unpaired) electrons. The van der Waals surface area contributed by atoms with Crippen molar-refractivity contribution in [2.75, 3.05) is 11.1 Å². The number of nitrogens with one attached hydrogen (secondary N) is 1. The molecule has 1 N–H and O–H groups in total. The summed E-state index contributed by atoms with van der Waals surface area (Å²) in [6, 6.07) is 12.7. The Morgan fingerprint density at radius 1 is 1.03 bits per heavy atom. The van der Waals surface area contributed by atoms with Gasteiger partial charge in [0.25, 0.3) is 0 Å². The molecule has 9 heteroatoms. The van der Waals surface area contributed by atoms with Crippen molar-refractivity contribution in [1.82, 2.24) is 14.8 Å². The van der Waals surface area contributed by atoms with Gasteiger partial charge in [-0.3, -0.25) is 9.59 Å². The van der Waals surface area contributed by atoms with Gasteiger partial charge in [-0.05, 0) is 55.5 Å². The topological polar surface area (TPSA) is 103 Å². The largest absolute Gasteiger partial charge is 0.423 e. The maximum atomic E-state index is 12.2. The van der Waals surface area contributed by atoms with Crippen LogP contribution in [0.25, 0.3) is 0 Å². The molecule has 0 unspecified atom stereocenters. The summed E-state index contributed by atoms with van der Waals surface area (Å²) in [5.74, 6) is -0.254. The zero-order valence-electron chi connectivity index (χ0n) is 15.8. The van der Waals surface area contributed by atoms with E-state index in [1.165, 1.54) is 18.7 Å². The van der Waals surface area contributed by atoms with E-state index in [1.54, 1.807) is 66.5 Å². The molecule has 1 heterocycles. The normalized spacial score (nSPS) is 10.4. The highest BCUT2D eigenvalue weighted by Gasteiger charge is 2.11. The van der Waals surface area contributed by atoms with E-state index in [4.69, 9.17) is 4.74 Å². The molecule has 0 spiro atoms. The van der Waals surface area contributed by atoms with Crippen molar-refractivity contribution in [2.24, 2.45) is 7.05 Å². The number of carbonyl (C=O) groups excluding carboxylic acids is 3. The Labute approximate surface area is 171 Å². The fraction of sp³-hybridized carbons (Fsp3) is 0.150. The number of aryl methyl sites for hydroxylation is 1. The fourth-order valence-electron chi connectivity index (χ4n) is 2.34. The van der Waals surface area contributed by atoms with Crippen molar-refractivity contribution in [3.05, 3.63) is 66.0 Å². The molecule has 0 saturated heterocycles. The molecule has 0 saturated carbocycles. The molecule has 1 amide bonds. The molecule has 3 rings (SSSR count). The third-order valence-electron chi connectivity index (χ3n) is 3.88. The lowest BCUT2D eigenvalue weighted by atomic mass is 10.1. The van der Waals surface area contributed by atoms with Gasteiger partial charge in [-0.15, -0.1) is 10.2 Å². The Morgan fingerprint density at radius 2 is 1.69 bits per heavy atom. The van der Waals surface area contributed by atoms with Gasteiger partial charge >= 0.3 is 5.97 Å². The zero-order chi connectivity index (χ0) is 20.8. The van der Waals surface area contributed by atoms with Crippen LogP contribution in [0.3, 0.4) is 0 Å². The molecule has 0 aliphatic heterocycles. The Balaban J connectivity index is 1.53. The molecule has 2 aromatic carbocycles. The lowest BCUT2D eigenvalue weighted by Crippen LogP contribution is -2.15. The van der Waals surface area contributed by atoms with Crippen LogP contribution in [0.5, 0.6) is 5.75 Å². The SMILES string of the molecule is CC(=O)c1ccc(OC(=O)c2ccc(NC(=O)CSc3nncn3C)cc2)cc1. The van der Waals surface area contributed by atoms with Crippen LogP contribution in [0, 0.1) is 0 Å². The van der Waals surface area contributed by atoms with E-state index in [0.29, 0.717) is 27.7 Å². The minimum Gasteiger partial charge on any atom is -0.423 e. The van der Waals surface area contributed by atoms with Gasteiger partial charge in [-0.2, -0.15) is 0 Å². The molecule has 29 heavy (non-hydrogen) atoms. The average molecular weight is 410 g/mol. The molecule has 0 atom stereocenters. The van der Waals surface area contributed by atoms with E-state index in [1.807, 2.05) is 0 Å². The van der Waals surface area contributed by atoms with Crippen LogP contribution in [0.2, 0.25) is 0 Å².